The topological polar surface area (TPSA) is 95.0 Å². The quantitative estimate of drug-likeness (QED) is 0.376. The molecule has 0 saturated heterocycles. The van der Waals surface area contributed by atoms with Crippen LogP contribution in [-0.4, -0.2) is 25.2 Å². The lowest BCUT2D eigenvalue weighted by atomic mass is 10.1. The summed E-state index contributed by atoms with van der Waals surface area (Å²) in [5.74, 6) is -0.289. The van der Waals surface area contributed by atoms with Crippen molar-refractivity contribution >= 4 is 11.6 Å². The number of aryl methyl sites for hydroxylation is 1. The number of nitrogens with one attached hydrogen (secondary N) is 1. The SMILES string of the molecule is C[C@@H](NC(=O)c1cc(-c2cccn2C)nn1-c1ccc([N+](=O)[O-])cc1)c1ccccc1. The van der Waals surface area contributed by atoms with Crippen LogP contribution >= 0.6 is 0 Å². The highest BCUT2D eigenvalue weighted by atomic mass is 16.6. The molecule has 0 radical (unpaired) electrons. The molecule has 0 bridgehead atoms. The molecule has 0 aliphatic heterocycles. The fourth-order valence-electron chi connectivity index (χ4n) is 3.40. The Kier molecular flexibility index (Phi) is 5.36. The minimum Gasteiger partial charge on any atom is -0.349 e. The summed E-state index contributed by atoms with van der Waals surface area (Å²) in [6.07, 6.45) is 1.90. The number of aromatic nitrogens is 3. The lowest BCUT2D eigenvalue weighted by Crippen LogP contribution is -2.28. The van der Waals surface area contributed by atoms with E-state index in [2.05, 4.69) is 10.4 Å². The Morgan fingerprint density at radius 1 is 1.06 bits per heavy atom. The number of rotatable bonds is 6. The predicted octanol–water partition coefficient (Wildman–Crippen LogP) is 4.28. The first-order valence-electron chi connectivity index (χ1n) is 9.76. The number of carbonyl (C=O) groups is 1. The van der Waals surface area contributed by atoms with Crippen molar-refractivity contribution < 1.29 is 9.72 Å². The largest absolute Gasteiger partial charge is 0.349 e. The highest BCUT2D eigenvalue weighted by molar-refractivity contribution is 5.94. The van der Waals surface area contributed by atoms with Gasteiger partial charge in [-0.3, -0.25) is 14.9 Å². The molecule has 0 spiro atoms. The Balaban J connectivity index is 1.72. The minimum atomic E-state index is -0.461. The maximum atomic E-state index is 13.2. The van der Waals surface area contributed by atoms with Gasteiger partial charge in [0.2, 0.25) is 0 Å². The molecule has 4 aromatic rings. The summed E-state index contributed by atoms with van der Waals surface area (Å²) in [6, 6.07) is 21.0. The van der Waals surface area contributed by atoms with Gasteiger partial charge >= 0.3 is 0 Å². The molecule has 1 amide bonds. The van der Waals surface area contributed by atoms with E-state index < -0.39 is 4.92 Å². The molecule has 2 aromatic carbocycles. The smallest absolute Gasteiger partial charge is 0.270 e. The lowest BCUT2D eigenvalue weighted by molar-refractivity contribution is -0.384. The Labute approximate surface area is 178 Å². The number of benzene rings is 2. The summed E-state index contributed by atoms with van der Waals surface area (Å²) in [5, 5.41) is 18.6. The van der Waals surface area contributed by atoms with Gasteiger partial charge in [-0.25, -0.2) is 4.68 Å². The van der Waals surface area contributed by atoms with Gasteiger partial charge in [-0.2, -0.15) is 5.10 Å². The van der Waals surface area contributed by atoms with E-state index in [1.165, 1.54) is 16.8 Å². The zero-order valence-electron chi connectivity index (χ0n) is 17.1. The number of nitrogens with zero attached hydrogens (tertiary/aromatic N) is 4. The second-order valence-electron chi connectivity index (χ2n) is 7.21. The molecule has 2 aromatic heterocycles. The van der Waals surface area contributed by atoms with Crippen molar-refractivity contribution in [2.24, 2.45) is 7.05 Å². The van der Waals surface area contributed by atoms with Crippen molar-refractivity contribution in [3.63, 3.8) is 0 Å². The predicted molar refractivity (Wildman–Crippen MR) is 117 cm³/mol. The van der Waals surface area contributed by atoms with Crippen molar-refractivity contribution in [2.75, 3.05) is 0 Å². The summed E-state index contributed by atoms with van der Waals surface area (Å²) in [5.41, 5.74) is 3.34. The molecule has 31 heavy (non-hydrogen) atoms. The Hall–Kier alpha value is -4.20. The summed E-state index contributed by atoms with van der Waals surface area (Å²) >= 11 is 0. The zero-order valence-corrected chi connectivity index (χ0v) is 17.1. The third-order valence-electron chi connectivity index (χ3n) is 5.10. The maximum Gasteiger partial charge on any atom is 0.270 e. The van der Waals surface area contributed by atoms with Crippen LogP contribution in [0.3, 0.4) is 0 Å². The van der Waals surface area contributed by atoms with Crippen molar-refractivity contribution in [1.82, 2.24) is 19.7 Å². The molecule has 156 valence electrons. The normalized spacial score (nSPS) is 11.8. The van der Waals surface area contributed by atoms with Gasteiger partial charge in [0.15, 0.2) is 0 Å². The molecule has 8 nitrogen and oxygen atoms in total. The van der Waals surface area contributed by atoms with Crippen LogP contribution in [0.5, 0.6) is 0 Å². The monoisotopic (exact) mass is 415 g/mol. The molecular formula is C23H21N5O3. The Morgan fingerprint density at radius 2 is 1.77 bits per heavy atom. The highest BCUT2D eigenvalue weighted by Crippen LogP contribution is 2.24. The number of nitro groups is 1. The van der Waals surface area contributed by atoms with Gasteiger partial charge < -0.3 is 9.88 Å². The molecule has 8 heteroatoms. The van der Waals surface area contributed by atoms with Gasteiger partial charge in [0.05, 0.1) is 22.3 Å². The maximum absolute atomic E-state index is 13.2. The molecule has 0 aliphatic rings. The first-order valence-corrected chi connectivity index (χ1v) is 9.76. The Morgan fingerprint density at radius 3 is 2.39 bits per heavy atom. The molecular weight excluding hydrogens is 394 g/mol. The highest BCUT2D eigenvalue weighted by Gasteiger charge is 2.21. The standard InChI is InChI=1S/C23H21N5O3/c1-16(17-7-4-3-5-8-17)24-23(29)22-15-20(21-9-6-14-26(21)2)25-27(22)18-10-12-19(13-11-18)28(30)31/h3-16H,1-2H3,(H,24,29)/t16-/m1/s1. The van der Waals surface area contributed by atoms with E-state index in [0.717, 1.165) is 11.3 Å². The molecule has 0 unspecified atom stereocenters. The first-order chi connectivity index (χ1) is 14.9. The summed E-state index contributed by atoms with van der Waals surface area (Å²) in [6.45, 7) is 1.91. The Bertz CT molecular complexity index is 1230. The molecule has 4 rings (SSSR count). The van der Waals surface area contributed by atoms with Crippen LogP contribution in [0.2, 0.25) is 0 Å². The molecule has 0 fully saturated rings. The molecule has 1 atom stereocenters. The van der Waals surface area contributed by atoms with E-state index in [9.17, 15) is 14.9 Å². The molecule has 0 aliphatic carbocycles. The van der Waals surface area contributed by atoms with Crippen LogP contribution < -0.4 is 5.32 Å². The van der Waals surface area contributed by atoms with Crippen molar-refractivity contribution in [1.29, 1.82) is 0 Å². The number of hydrogen-bond donors (Lipinski definition) is 1. The lowest BCUT2D eigenvalue weighted by Gasteiger charge is -2.15. The number of hydrogen-bond acceptors (Lipinski definition) is 4. The first kappa shape index (κ1) is 20.1. The van der Waals surface area contributed by atoms with Gasteiger partial charge in [-0.15, -0.1) is 0 Å². The molecule has 0 saturated carbocycles. The number of nitro benzene ring substituents is 1. The van der Waals surface area contributed by atoms with E-state index >= 15 is 0 Å². The molecule has 2 heterocycles. The fraction of sp³-hybridized carbons (Fsp3) is 0.130. The van der Waals surface area contributed by atoms with Crippen LogP contribution in [-0.2, 0) is 7.05 Å². The van der Waals surface area contributed by atoms with Crippen molar-refractivity contribution in [3.8, 4) is 17.1 Å². The van der Waals surface area contributed by atoms with Gasteiger partial charge in [-0.05, 0) is 42.8 Å². The second kappa shape index (κ2) is 8.27. The minimum absolute atomic E-state index is 0.0257. The fourth-order valence-corrected chi connectivity index (χ4v) is 3.40. The van der Waals surface area contributed by atoms with Gasteiger partial charge in [-0.1, -0.05) is 30.3 Å². The number of carbonyl (C=O) groups excluding carboxylic acids is 1. The summed E-state index contributed by atoms with van der Waals surface area (Å²) in [4.78, 5) is 23.7. The third-order valence-corrected chi connectivity index (χ3v) is 5.10. The van der Waals surface area contributed by atoms with Gasteiger partial charge in [0.1, 0.15) is 11.4 Å². The summed E-state index contributed by atoms with van der Waals surface area (Å²) < 4.78 is 3.43. The van der Waals surface area contributed by atoms with E-state index in [4.69, 9.17) is 0 Å². The van der Waals surface area contributed by atoms with Gasteiger partial charge in [0, 0.05) is 25.4 Å². The number of non-ortho nitro benzene ring substituents is 1. The van der Waals surface area contributed by atoms with E-state index in [-0.39, 0.29) is 17.6 Å². The second-order valence-corrected chi connectivity index (χ2v) is 7.21. The molecule has 1 N–H and O–H groups in total. The van der Waals surface area contributed by atoms with Crippen LogP contribution in [0.15, 0.2) is 79.0 Å². The van der Waals surface area contributed by atoms with E-state index in [0.29, 0.717) is 17.1 Å². The van der Waals surface area contributed by atoms with Crippen LogP contribution in [0.4, 0.5) is 5.69 Å². The van der Waals surface area contributed by atoms with Gasteiger partial charge in [0.25, 0.3) is 11.6 Å². The van der Waals surface area contributed by atoms with Crippen LogP contribution in [0.1, 0.15) is 29.0 Å². The average Bonchev–Trinajstić information content (AvgIpc) is 3.40. The zero-order chi connectivity index (χ0) is 22.0. The summed E-state index contributed by atoms with van der Waals surface area (Å²) in [7, 11) is 1.90. The van der Waals surface area contributed by atoms with Crippen LogP contribution in [0, 0.1) is 10.1 Å². The number of amides is 1. The van der Waals surface area contributed by atoms with E-state index in [1.54, 1.807) is 18.2 Å². The van der Waals surface area contributed by atoms with Crippen molar-refractivity contribution in [3.05, 3.63) is 100 Å². The van der Waals surface area contributed by atoms with Crippen molar-refractivity contribution in [2.45, 2.75) is 13.0 Å². The average molecular weight is 415 g/mol. The van der Waals surface area contributed by atoms with E-state index in [1.807, 2.05) is 67.2 Å². The van der Waals surface area contributed by atoms with Crippen LogP contribution in [0.25, 0.3) is 17.1 Å². The third kappa shape index (κ3) is 4.09.